The minimum absolute atomic E-state index is 0.0756. The first-order valence-corrected chi connectivity index (χ1v) is 13.0. The third kappa shape index (κ3) is 6.23. The van der Waals surface area contributed by atoms with E-state index in [-0.39, 0.29) is 27.5 Å². The number of aromatic nitrogens is 3. The molecule has 11 heteroatoms. The normalized spacial score (nSPS) is 16.0. The van der Waals surface area contributed by atoms with E-state index in [4.69, 9.17) is 33.7 Å². The van der Waals surface area contributed by atoms with Gasteiger partial charge >= 0.3 is 0 Å². The van der Waals surface area contributed by atoms with Crippen molar-refractivity contribution in [2.75, 3.05) is 18.4 Å². The molecule has 1 aliphatic heterocycles. The lowest BCUT2D eigenvalue weighted by Crippen LogP contribution is -2.40. The third-order valence-electron chi connectivity index (χ3n) is 6.52. The summed E-state index contributed by atoms with van der Waals surface area (Å²) in [5, 5.41) is 10.8. The average Bonchev–Trinajstić information content (AvgIpc) is 3.38. The van der Waals surface area contributed by atoms with Crippen LogP contribution in [0.4, 0.5) is 10.2 Å². The van der Waals surface area contributed by atoms with Gasteiger partial charge in [-0.3, -0.25) is 9.48 Å². The van der Waals surface area contributed by atoms with Gasteiger partial charge in [0.25, 0.3) is 0 Å². The highest BCUT2D eigenvalue weighted by Crippen LogP contribution is 2.38. The zero-order valence-corrected chi connectivity index (χ0v) is 22.5. The highest BCUT2D eigenvalue weighted by atomic mass is 35.5. The van der Waals surface area contributed by atoms with E-state index in [9.17, 15) is 9.18 Å². The van der Waals surface area contributed by atoms with Crippen molar-refractivity contribution >= 4 is 34.9 Å². The Hall–Kier alpha value is -2.72. The number of nitrogens with zero attached hydrogens (tertiary/aromatic N) is 3. The van der Waals surface area contributed by atoms with Gasteiger partial charge in [-0.2, -0.15) is 5.10 Å². The Labute approximate surface area is 225 Å². The second-order valence-electron chi connectivity index (χ2n) is 9.54. The van der Waals surface area contributed by atoms with Gasteiger partial charge in [0.2, 0.25) is 5.91 Å². The van der Waals surface area contributed by atoms with Crippen molar-refractivity contribution in [1.82, 2.24) is 20.1 Å². The monoisotopic (exact) mass is 548 g/mol. The number of piperidine rings is 1. The molecule has 4 rings (SSSR count). The van der Waals surface area contributed by atoms with Gasteiger partial charge in [0.1, 0.15) is 11.9 Å². The quantitative estimate of drug-likeness (QED) is 0.326. The zero-order chi connectivity index (χ0) is 26.7. The average molecular weight is 549 g/mol. The summed E-state index contributed by atoms with van der Waals surface area (Å²) in [6.07, 6.45) is 6.65. The molecule has 0 saturated carbocycles. The van der Waals surface area contributed by atoms with Gasteiger partial charge in [-0.05, 0) is 57.0 Å². The molecule has 0 spiro atoms. The van der Waals surface area contributed by atoms with Gasteiger partial charge in [0.05, 0.1) is 23.3 Å². The number of hydrogen-bond acceptors (Lipinski definition) is 6. The van der Waals surface area contributed by atoms with Crippen molar-refractivity contribution in [3.05, 3.63) is 58.2 Å². The molecule has 1 unspecified atom stereocenters. The molecular formula is C26H31Cl2FN6O2. The van der Waals surface area contributed by atoms with Crippen LogP contribution in [-0.4, -0.2) is 39.8 Å². The van der Waals surface area contributed by atoms with Crippen LogP contribution < -0.4 is 21.1 Å². The number of amides is 1. The number of ether oxygens (including phenoxy) is 1. The molecular weight excluding hydrogens is 518 g/mol. The smallest absolute Gasteiger partial charge is 0.242 e. The van der Waals surface area contributed by atoms with Crippen LogP contribution in [-0.2, 0) is 4.79 Å². The molecule has 198 valence electrons. The molecule has 0 radical (unpaired) electrons. The van der Waals surface area contributed by atoms with Crippen LogP contribution in [0.25, 0.3) is 11.1 Å². The zero-order valence-electron chi connectivity index (χ0n) is 21.0. The fourth-order valence-corrected chi connectivity index (χ4v) is 4.89. The Balaban J connectivity index is 1.67. The fourth-order valence-electron chi connectivity index (χ4n) is 4.21. The highest BCUT2D eigenvalue weighted by molar-refractivity contribution is 6.36. The summed E-state index contributed by atoms with van der Waals surface area (Å²) in [6.45, 7) is 7.31. The van der Waals surface area contributed by atoms with E-state index in [1.165, 1.54) is 12.1 Å². The predicted octanol–water partition coefficient (Wildman–Crippen LogP) is 5.38. The van der Waals surface area contributed by atoms with Crippen LogP contribution in [0, 0.1) is 11.7 Å². The van der Waals surface area contributed by atoms with Crippen LogP contribution in [0.5, 0.6) is 5.75 Å². The SMILES string of the molecule is CC(C)C(N)C(=O)Nc1ncc(-c2cnn(C3CCNCC3)c2)cc1O[C@H](C)c1c(Cl)ccc(F)c1Cl. The Morgan fingerprint density at radius 1 is 1.22 bits per heavy atom. The first kappa shape index (κ1) is 27.3. The van der Waals surface area contributed by atoms with Gasteiger partial charge in [0, 0.05) is 34.1 Å². The number of halogens is 3. The number of benzene rings is 1. The van der Waals surface area contributed by atoms with Crippen molar-refractivity contribution in [3.8, 4) is 16.9 Å². The fraction of sp³-hybridized carbons (Fsp3) is 0.423. The Morgan fingerprint density at radius 3 is 2.65 bits per heavy atom. The minimum Gasteiger partial charge on any atom is -0.482 e. The van der Waals surface area contributed by atoms with Crippen LogP contribution >= 0.6 is 23.2 Å². The van der Waals surface area contributed by atoms with Gasteiger partial charge in [-0.15, -0.1) is 0 Å². The predicted molar refractivity (Wildman–Crippen MR) is 144 cm³/mol. The van der Waals surface area contributed by atoms with E-state index < -0.39 is 23.9 Å². The van der Waals surface area contributed by atoms with Gasteiger partial charge in [-0.1, -0.05) is 37.0 Å². The van der Waals surface area contributed by atoms with Crippen molar-refractivity contribution in [2.45, 2.75) is 51.8 Å². The van der Waals surface area contributed by atoms with Gasteiger partial charge in [-0.25, -0.2) is 9.37 Å². The largest absolute Gasteiger partial charge is 0.482 e. The van der Waals surface area contributed by atoms with Crippen molar-refractivity contribution < 1.29 is 13.9 Å². The molecule has 8 nitrogen and oxygen atoms in total. The highest BCUT2D eigenvalue weighted by Gasteiger charge is 2.24. The summed E-state index contributed by atoms with van der Waals surface area (Å²) in [5.74, 6) is -0.627. The summed E-state index contributed by atoms with van der Waals surface area (Å²) >= 11 is 12.5. The summed E-state index contributed by atoms with van der Waals surface area (Å²) in [7, 11) is 0. The number of carbonyl (C=O) groups is 1. The molecule has 1 saturated heterocycles. The van der Waals surface area contributed by atoms with Gasteiger partial charge in [0.15, 0.2) is 11.6 Å². The van der Waals surface area contributed by atoms with E-state index >= 15 is 0 Å². The lowest BCUT2D eigenvalue weighted by molar-refractivity contribution is -0.118. The van der Waals surface area contributed by atoms with Crippen LogP contribution in [0.2, 0.25) is 10.0 Å². The number of anilines is 1. The lowest BCUT2D eigenvalue weighted by atomic mass is 10.1. The molecule has 2 aromatic heterocycles. The number of nitrogens with two attached hydrogens (primary N) is 1. The van der Waals surface area contributed by atoms with E-state index in [0.29, 0.717) is 11.6 Å². The van der Waals surface area contributed by atoms with E-state index in [2.05, 4.69) is 20.7 Å². The van der Waals surface area contributed by atoms with Crippen LogP contribution in [0.1, 0.15) is 51.3 Å². The first-order valence-electron chi connectivity index (χ1n) is 12.3. The first-order chi connectivity index (χ1) is 17.7. The molecule has 3 heterocycles. The number of rotatable bonds is 8. The van der Waals surface area contributed by atoms with Crippen LogP contribution in [0.15, 0.2) is 36.8 Å². The standard InChI is InChI=1S/C26H31Cl2FN6O2/c1-14(2)24(30)26(36)34-25-21(37-15(3)22-19(27)4-5-20(29)23(22)28)10-16(11-32-25)17-12-33-35(13-17)18-6-8-31-9-7-18/h4-5,10-15,18,24,31H,6-9,30H2,1-3H3,(H,32,34,36)/t15-,24?/m1/s1. The van der Waals surface area contributed by atoms with Crippen LogP contribution in [0.3, 0.4) is 0 Å². The maximum absolute atomic E-state index is 14.2. The van der Waals surface area contributed by atoms with Crippen molar-refractivity contribution in [2.24, 2.45) is 11.7 Å². The van der Waals surface area contributed by atoms with E-state index in [1.807, 2.05) is 24.7 Å². The number of hydrogen-bond donors (Lipinski definition) is 3. The second kappa shape index (κ2) is 11.8. The third-order valence-corrected chi connectivity index (χ3v) is 7.24. The van der Waals surface area contributed by atoms with Crippen molar-refractivity contribution in [1.29, 1.82) is 0 Å². The number of carbonyl (C=O) groups excluding carboxylic acids is 1. The molecule has 37 heavy (non-hydrogen) atoms. The molecule has 1 aromatic carbocycles. The van der Waals surface area contributed by atoms with Gasteiger partial charge < -0.3 is 21.1 Å². The summed E-state index contributed by atoms with van der Waals surface area (Å²) in [6, 6.07) is 3.97. The molecule has 0 aliphatic carbocycles. The Bertz CT molecular complexity index is 1260. The summed E-state index contributed by atoms with van der Waals surface area (Å²) in [4.78, 5) is 17.2. The summed E-state index contributed by atoms with van der Waals surface area (Å²) < 4.78 is 22.3. The number of nitrogens with one attached hydrogen (secondary N) is 2. The molecule has 3 aromatic rings. The topological polar surface area (TPSA) is 107 Å². The minimum atomic E-state index is -0.750. The lowest BCUT2D eigenvalue weighted by Gasteiger charge is -2.22. The van der Waals surface area contributed by atoms with E-state index in [1.54, 1.807) is 25.4 Å². The molecule has 1 aliphatic rings. The number of pyridine rings is 1. The molecule has 0 bridgehead atoms. The maximum atomic E-state index is 14.2. The Kier molecular flexibility index (Phi) is 8.69. The molecule has 1 fully saturated rings. The second-order valence-corrected chi connectivity index (χ2v) is 10.3. The molecule has 1 amide bonds. The summed E-state index contributed by atoms with van der Waals surface area (Å²) in [5.41, 5.74) is 7.91. The van der Waals surface area contributed by atoms with Crippen molar-refractivity contribution in [3.63, 3.8) is 0 Å². The molecule has 4 N–H and O–H groups in total. The van der Waals surface area contributed by atoms with E-state index in [0.717, 1.165) is 37.1 Å². The molecule has 2 atom stereocenters. The maximum Gasteiger partial charge on any atom is 0.242 e. The Morgan fingerprint density at radius 2 is 1.95 bits per heavy atom.